The largest absolute Gasteiger partial charge is 0.326 e. The highest BCUT2D eigenvalue weighted by molar-refractivity contribution is 5.95. The number of rotatable bonds is 2. The van der Waals surface area contributed by atoms with Crippen LogP contribution in [0.15, 0.2) is 42.1 Å². The van der Waals surface area contributed by atoms with Crippen molar-refractivity contribution in [1.29, 1.82) is 0 Å². The standard InChI is InChI=1S/C17H23NO/c1-17(2,3)14-9-11-15(12-10-14)18-16(19)13-7-5-4-6-8-13/h4-8,11,14H,9-10,12H2,1-3H3,(H,18,19). The maximum atomic E-state index is 12.0. The van der Waals surface area contributed by atoms with Gasteiger partial charge in [0.1, 0.15) is 0 Å². The summed E-state index contributed by atoms with van der Waals surface area (Å²) in [5.41, 5.74) is 2.15. The summed E-state index contributed by atoms with van der Waals surface area (Å²) < 4.78 is 0. The fourth-order valence-electron chi connectivity index (χ4n) is 2.54. The van der Waals surface area contributed by atoms with Crippen LogP contribution in [0.2, 0.25) is 0 Å². The van der Waals surface area contributed by atoms with Crippen LogP contribution in [0, 0.1) is 11.3 Å². The SMILES string of the molecule is CC(C)(C)C1CC=C(NC(=O)c2ccccc2)CC1. The van der Waals surface area contributed by atoms with Crippen molar-refractivity contribution in [3.63, 3.8) is 0 Å². The molecule has 0 aromatic heterocycles. The minimum absolute atomic E-state index is 0.000980. The van der Waals surface area contributed by atoms with Crippen LogP contribution in [-0.2, 0) is 0 Å². The Labute approximate surface area is 115 Å². The van der Waals surface area contributed by atoms with Gasteiger partial charge in [-0.05, 0) is 42.7 Å². The van der Waals surface area contributed by atoms with Gasteiger partial charge in [-0.25, -0.2) is 0 Å². The van der Waals surface area contributed by atoms with Gasteiger partial charge < -0.3 is 5.32 Å². The molecule has 0 aliphatic heterocycles. The maximum Gasteiger partial charge on any atom is 0.255 e. The normalized spacial score (nSPS) is 19.7. The summed E-state index contributed by atoms with van der Waals surface area (Å²) in [4.78, 5) is 12.0. The Morgan fingerprint density at radius 2 is 1.89 bits per heavy atom. The minimum Gasteiger partial charge on any atom is -0.326 e. The molecule has 2 nitrogen and oxygen atoms in total. The molecule has 0 fully saturated rings. The van der Waals surface area contributed by atoms with E-state index in [1.54, 1.807) is 0 Å². The lowest BCUT2D eigenvalue weighted by Gasteiger charge is -2.33. The second kappa shape index (κ2) is 5.60. The molecule has 0 bridgehead atoms. The summed E-state index contributed by atoms with van der Waals surface area (Å²) in [6, 6.07) is 9.39. The fourth-order valence-corrected chi connectivity index (χ4v) is 2.54. The van der Waals surface area contributed by atoms with Crippen molar-refractivity contribution in [2.24, 2.45) is 11.3 Å². The van der Waals surface area contributed by atoms with Crippen LogP contribution in [0.5, 0.6) is 0 Å². The van der Waals surface area contributed by atoms with Gasteiger partial charge in [-0.15, -0.1) is 0 Å². The average Bonchev–Trinajstić information content (AvgIpc) is 2.39. The number of amides is 1. The monoisotopic (exact) mass is 257 g/mol. The smallest absolute Gasteiger partial charge is 0.255 e. The lowest BCUT2D eigenvalue weighted by atomic mass is 9.74. The molecule has 2 rings (SSSR count). The number of allylic oxidation sites excluding steroid dienone is 2. The Bertz CT molecular complexity index is 468. The second-order valence-electron chi connectivity index (χ2n) is 6.39. The van der Waals surface area contributed by atoms with E-state index < -0.39 is 0 Å². The molecule has 0 spiro atoms. The van der Waals surface area contributed by atoms with E-state index in [9.17, 15) is 4.79 Å². The molecule has 1 amide bonds. The van der Waals surface area contributed by atoms with Gasteiger partial charge in [0.2, 0.25) is 0 Å². The van der Waals surface area contributed by atoms with E-state index in [4.69, 9.17) is 0 Å². The molecule has 1 aliphatic carbocycles. The highest BCUT2D eigenvalue weighted by Crippen LogP contribution is 2.36. The van der Waals surface area contributed by atoms with Crippen LogP contribution in [0.1, 0.15) is 50.4 Å². The van der Waals surface area contributed by atoms with E-state index in [0.717, 1.165) is 30.5 Å². The first-order chi connectivity index (χ1) is 8.97. The van der Waals surface area contributed by atoms with Crippen LogP contribution in [0.3, 0.4) is 0 Å². The van der Waals surface area contributed by atoms with Crippen molar-refractivity contribution in [2.45, 2.75) is 40.0 Å². The third kappa shape index (κ3) is 3.69. The van der Waals surface area contributed by atoms with Crippen LogP contribution in [-0.4, -0.2) is 5.91 Å². The van der Waals surface area contributed by atoms with Gasteiger partial charge in [-0.1, -0.05) is 45.0 Å². The number of hydrogen-bond donors (Lipinski definition) is 1. The second-order valence-corrected chi connectivity index (χ2v) is 6.39. The molecular weight excluding hydrogens is 234 g/mol. The van der Waals surface area contributed by atoms with Crippen LogP contribution in [0.25, 0.3) is 0 Å². The molecule has 0 heterocycles. The predicted molar refractivity (Wildman–Crippen MR) is 78.8 cm³/mol. The third-order valence-corrected chi connectivity index (χ3v) is 3.95. The van der Waals surface area contributed by atoms with Crippen LogP contribution in [0.4, 0.5) is 0 Å². The van der Waals surface area contributed by atoms with Crippen molar-refractivity contribution in [3.8, 4) is 0 Å². The number of carbonyl (C=O) groups is 1. The zero-order valence-electron chi connectivity index (χ0n) is 12.1. The molecule has 1 aromatic rings. The van der Waals surface area contributed by atoms with E-state index in [1.807, 2.05) is 30.3 Å². The van der Waals surface area contributed by atoms with Gasteiger partial charge in [-0.2, -0.15) is 0 Å². The van der Waals surface area contributed by atoms with Crippen molar-refractivity contribution in [2.75, 3.05) is 0 Å². The van der Waals surface area contributed by atoms with Gasteiger partial charge in [0.05, 0.1) is 0 Å². The molecule has 1 N–H and O–H groups in total. The first-order valence-corrected chi connectivity index (χ1v) is 7.02. The molecule has 1 aliphatic rings. The minimum atomic E-state index is 0.000980. The molecular formula is C17H23NO. The quantitative estimate of drug-likeness (QED) is 0.847. The van der Waals surface area contributed by atoms with Gasteiger partial charge in [0.25, 0.3) is 5.91 Å². The summed E-state index contributed by atoms with van der Waals surface area (Å²) in [5, 5.41) is 3.03. The van der Waals surface area contributed by atoms with E-state index >= 15 is 0 Å². The zero-order valence-corrected chi connectivity index (χ0v) is 12.1. The Morgan fingerprint density at radius 3 is 2.42 bits per heavy atom. The number of benzene rings is 1. The molecule has 0 radical (unpaired) electrons. The first-order valence-electron chi connectivity index (χ1n) is 7.02. The topological polar surface area (TPSA) is 29.1 Å². The third-order valence-electron chi connectivity index (χ3n) is 3.95. The van der Waals surface area contributed by atoms with Crippen molar-refractivity contribution >= 4 is 5.91 Å². The highest BCUT2D eigenvalue weighted by atomic mass is 16.1. The van der Waals surface area contributed by atoms with E-state index in [1.165, 1.54) is 0 Å². The van der Waals surface area contributed by atoms with Crippen LogP contribution < -0.4 is 5.32 Å². The van der Waals surface area contributed by atoms with Gasteiger partial charge >= 0.3 is 0 Å². The number of nitrogens with one attached hydrogen (secondary N) is 1. The average molecular weight is 257 g/mol. The molecule has 1 atom stereocenters. The van der Waals surface area contributed by atoms with Gasteiger partial charge in [0, 0.05) is 11.3 Å². The van der Waals surface area contributed by atoms with Crippen LogP contribution >= 0.6 is 0 Å². The number of carbonyl (C=O) groups excluding carboxylic acids is 1. The molecule has 0 saturated carbocycles. The van der Waals surface area contributed by atoms with E-state index in [0.29, 0.717) is 11.3 Å². The molecule has 102 valence electrons. The van der Waals surface area contributed by atoms with Crippen molar-refractivity contribution in [1.82, 2.24) is 5.32 Å². The van der Waals surface area contributed by atoms with Gasteiger partial charge in [-0.3, -0.25) is 4.79 Å². The molecule has 1 aromatic carbocycles. The maximum absolute atomic E-state index is 12.0. The zero-order chi connectivity index (χ0) is 13.9. The molecule has 0 saturated heterocycles. The Kier molecular flexibility index (Phi) is 4.08. The summed E-state index contributed by atoms with van der Waals surface area (Å²) in [6.45, 7) is 6.87. The Morgan fingerprint density at radius 1 is 1.21 bits per heavy atom. The fraction of sp³-hybridized carbons (Fsp3) is 0.471. The van der Waals surface area contributed by atoms with Crippen molar-refractivity contribution in [3.05, 3.63) is 47.7 Å². The Hall–Kier alpha value is -1.57. The predicted octanol–water partition coefficient (Wildman–Crippen LogP) is 4.15. The van der Waals surface area contributed by atoms with Gasteiger partial charge in [0.15, 0.2) is 0 Å². The highest BCUT2D eigenvalue weighted by Gasteiger charge is 2.26. The molecule has 19 heavy (non-hydrogen) atoms. The van der Waals surface area contributed by atoms with E-state index in [-0.39, 0.29) is 5.91 Å². The van der Waals surface area contributed by atoms with E-state index in [2.05, 4.69) is 32.2 Å². The molecule has 2 heteroatoms. The lowest BCUT2D eigenvalue weighted by Crippen LogP contribution is -2.28. The lowest BCUT2D eigenvalue weighted by molar-refractivity contribution is 0.0962. The molecule has 1 unspecified atom stereocenters. The van der Waals surface area contributed by atoms with Crippen molar-refractivity contribution < 1.29 is 4.79 Å². The summed E-state index contributed by atoms with van der Waals surface area (Å²) in [6.07, 6.45) is 5.39. The summed E-state index contributed by atoms with van der Waals surface area (Å²) in [7, 11) is 0. The summed E-state index contributed by atoms with van der Waals surface area (Å²) in [5.74, 6) is 0.714. The number of hydrogen-bond acceptors (Lipinski definition) is 1. The first kappa shape index (κ1) is 13.9. The Balaban J connectivity index is 1.95. The summed E-state index contributed by atoms with van der Waals surface area (Å²) >= 11 is 0.